The summed E-state index contributed by atoms with van der Waals surface area (Å²) in [5, 5.41) is 8.51. The maximum atomic E-state index is 8.51. The predicted molar refractivity (Wildman–Crippen MR) is 45.1 cm³/mol. The zero-order valence-electron chi connectivity index (χ0n) is 7.00. The number of rotatable bonds is 0. The fraction of sp³-hybridized carbons (Fsp3) is 0.250. The van der Waals surface area contributed by atoms with Gasteiger partial charge in [-0.1, -0.05) is 6.07 Å². The van der Waals surface area contributed by atoms with Crippen LogP contribution in [0.15, 0.2) is 12.1 Å². The molecule has 1 rings (SSSR count). The first-order chi connectivity index (χ1) is 5.15. The van der Waals surface area contributed by atoms with Gasteiger partial charge >= 0.3 is 5.69 Å². The Hall–Kier alpha value is -1.27. The van der Waals surface area contributed by atoms with Crippen LogP contribution in [-0.4, -0.2) is 0 Å². The van der Waals surface area contributed by atoms with E-state index in [4.69, 9.17) is 11.1 Å². The summed E-state index contributed by atoms with van der Waals surface area (Å²) in [4.78, 5) is 3.07. The lowest BCUT2D eigenvalue weighted by atomic mass is 10.1. The van der Waals surface area contributed by atoms with E-state index in [0.29, 0.717) is 11.4 Å². The van der Waals surface area contributed by atoms with E-state index in [2.05, 4.69) is 4.98 Å². The SMILES string of the molecule is Cc1cc(C)c(N)c([N+]#N)c1.[Cl-]. The third-order valence-corrected chi connectivity index (χ3v) is 1.62. The largest absolute Gasteiger partial charge is 1.00 e. The van der Waals surface area contributed by atoms with Crippen LogP contribution in [0.1, 0.15) is 11.1 Å². The number of hydrogen-bond acceptors (Lipinski definition) is 2. The number of benzene rings is 1. The number of diazo groups is 1. The molecule has 0 atom stereocenters. The van der Waals surface area contributed by atoms with Gasteiger partial charge in [0.25, 0.3) is 0 Å². The summed E-state index contributed by atoms with van der Waals surface area (Å²) >= 11 is 0. The van der Waals surface area contributed by atoms with Crippen LogP contribution in [0.5, 0.6) is 0 Å². The third-order valence-electron chi connectivity index (χ3n) is 1.62. The monoisotopic (exact) mass is 183 g/mol. The van der Waals surface area contributed by atoms with Crippen molar-refractivity contribution >= 4 is 11.4 Å². The maximum Gasteiger partial charge on any atom is 0.408 e. The summed E-state index contributed by atoms with van der Waals surface area (Å²) in [7, 11) is 0. The van der Waals surface area contributed by atoms with Gasteiger partial charge in [-0.15, -0.1) is 0 Å². The average molecular weight is 184 g/mol. The summed E-state index contributed by atoms with van der Waals surface area (Å²) in [6, 6.07) is 3.69. The Balaban J connectivity index is 0.00000121. The lowest BCUT2D eigenvalue weighted by Gasteiger charge is -1.96. The highest BCUT2D eigenvalue weighted by Gasteiger charge is 2.12. The van der Waals surface area contributed by atoms with E-state index in [-0.39, 0.29) is 12.4 Å². The van der Waals surface area contributed by atoms with E-state index < -0.39 is 0 Å². The highest BCUT2D eigenvalue weighted by molar-refractivity contribution is 5.71. The normalized spacial score (nSPS) is 8.42. The van der Waals surface area contributed by atoms with Crippen molar-refractivity contribution in [1.82, 2.24) is 0 Å². The van der Waals surface area contributed by atoms with Gasteiger partial charge in [0, 0.05) is 6.07 Å². The first-order valence-electron chi connectivity index (χ1n) is 3.37. The second kappa shape index (κ2) is 3.93. The summed E-state index contributed by atoms with van der Waals surface area (Å²) < 4.78 is 0. The zero-order valence-corrected chi connectivity index (χ0v) is 7.76. The van der Waals surface area contributed by atoms with Crippen molar-refractivity contribution in [3.05, 3.63) is 28.2 Å². The van der Waals surface area contributed by atoms with Crippen LogP contribution in [0.4, 0.5) is 11.4 Å². The quantitative estimate of drug-likeness (QED) is 0.430. The first-order valence-corrected chi connectivity index (χ1v) is 3.37. The molecule has 0 spiro atoms. The van der Waals surface area contributed by atoms with Gasteiger partial charge in [-0.05, 0) is 25.0 Å². The highest BCUT2D eigenvalue weighted by Crippen LogP contribution is 2.26. The lowest BCUT2D eigenvalue weighted by Crippen LogP contribution is -3.00. The molecule has 0 amide bonds. The van der Waals surface area contributed by atoms with Gasteiger partial charge < -0.3 is 18.1 Å². The Morgan fingerprint density at radius 1 is 1.33 bits per heavy atom. The summed E-state index contributed by atoms with van der Waals surface area (Å²) in [6.07, 6.45) is 0. The molecule has 0 saturated heterocycles. The molecule has 12 heavy (non-hydrogen) atoms. The number of nitrogen functional groups attached to an aromatic ring is 1. The fourth-order valence-electron chi connectivity index (χ4n) is 1.04. The van der Waals surface area contributed by atoms with Gasteiger partial charge in [-0.25, -0.2) is 0 Å². The lowest BCUT2D eigenvalue weighted by molar-refractivity contribution is -0.00000266. The van der Waals surface area contributed by atoms with Gasteiger partial charge in [-0.3, -0.25) is 0 Å². The van der Waals surface area contributed by atoms with Crippen molar-refractivity contribution < 1.29 is 12.4 Å². The van der Waals surface area contributed by atoms with Crippen LogP contribution >= 0.6 is 0 Å². The van der Waals surface area contributed by atoms with Crippen LogP contribution in [-0.2, 0) is 0 Å². The van der Waals surface area contributed by atoms with Crippen LogP contribution in [0.2, 0.25) is 0 Å². The first kappa shape index (κ1) is 10.7. The van der Waals surface area contributed by atoms with E-state index in [1.54, 1.807) is 6.07 Å². The van der Waals surface area contributed by atoms with Gasteiger partial charge in [-0.2, -0.15) is 0 Å². The van der Waals surface area contributed by atoms with Gasteiger partial charge in [0.1, 0.15) is 5.69 Å². The summed E-state index contributed by atoms with van der Waals surface area (Å²) in [5.41, 5.74) is 8.58. The molecule has 0 heterocycles. The van der Waals surface area contributed by atoms with Crippen molar-refractivity contribution in [1.29, 1.82) is 5.39 Å². The van der Waals surface area contributed by atoms with Crippen molar-refractivity contribution in [3.8, 4) is 0 Å². The minimum Gasteiger partial charge on any atom is -1.00 e. The molecule has 0 aromatic heterocycles. The minimum atomic E-state index is 0. The number of aryl methyl sites for hydroxylation is 2. The predicted octanol–water partition coefficient (Wildman–Crippen LogP) is -0.626. The van der Waals surface area contributed by atoms with Gasteiger partial charge in [0.2, 0.25) is 5.39 Å². The molecule has 0 aliphatic rings. The third kappa shape index (κ3) is 1.86. The molecule has 0 unspecified atom stereocenters. The highest BCUT2D eigenvalue weighted by atomic mass is 35.5. The smallest absolute Gasteiger partial charge is 0.408 e. The number of hydrogen-bond donors (Lipinski definition) is 1. The van der Waals surface area contributed by atoms with Crippen molar-refractivity contribution in [2.24, 2.45) is 0 Å². The Labute approximate surface area is 77.6 Å². The number of nitrogens with zero attached hydrogens (tertiary/aromatic N) is 2. The molecule has 4 heteroatoms. The number of nitrogens with two attached hydrogens (primary N) is 1. The van der Waals surface area contributed by atoms with Crippen LogP contribution < -0.4 is 18.1 Å². The van der Waals surface area contributed by atoms with Crippen LogP contribution in [0.25, 0.3) is 4.98 Å². The van der Waals surface area contributed by atoms with E-state index in [0.717, 1.165) is 11.1 Å². The molecule has 1 aromatic carbocycles. The molecule has 64 valence electrons. The molecule has 0 radical (unpaired) electrons. The molecule has 0 bridgehead atoms. The minimum absolute atomic E-state index is 0. The van der Waals surface area contributed by atoms with Crippen LogP contribution in [0.3, 0.4) is 0 Å². The Bertz CT molecular complexity index is 328. The van der Waals surface area contributed by atoms with Gasteiger partial charge in [0.05, 0.1) is 0 Å². The molecule has 0 aliphatic heterocycles. The second-order valence-electron chi connectivity index (χ2n) is 2.61. The zero-order chi connectivity index (χ0) is 8.43. The number of anilines is 1. The molecule has 0 aliphatic carbocycles. The van der Waals surface area contributed by atoms with Gasteiger partial charge in [0.15, 0.2) is 4.98 Å². The van der Waals surface area contributed by atoms with Crippen molar-refractivity contribution in [2.45, 2.75) is 13.8 Å². The molecule has 3 nitrogen and oxygen atoms in total. The molecule has 2 N–H and O–H groups in total. The molecule has 0 saturated carbocycles. The van der Waals surface area contributed by atoms with Crippen molar-refractivity contribution in [3.63, 3.8) is 0 Å². The second-order valence-corrected chi connectivity index (χ2v) is 2.61. The Morgan fingerprint density at radius 2 is 1.92 bits per heavy atom. The molecular weight excluding hydrogens is 174 g/mol. The topological polar surface area (TPSA) is 54.2 Å². The summed E-state index contributed by atoms with van der Waals surface area (Å²) in [6.45, 7) is 3.82. The standard InChI is InChI=1S/C8H10N3.ClH/c1-5-3-6(2)8(9)7(4-5)11-10;/h3-4H,9H2,1-2H3;1H/q+1;/p-1. The Morgan fingerprint density at radius 3 is 2.42 bits per heavy atom. The number of halogens is 1. The van der Waals surface area contributed by atoms with Crippen molar-refractivity contribution in [2.75, 3.05) is 5.73 Å². The van der Waals surface area contributed by atoms with E-state index >= 15 is 0 Å². The van der Waals surface area contributed by atoms with E-state index in [9.17, 15) is 0 Å². The maximum absolute atomic E-state index is 8.51. The Kier molecular flexibility index (Phi) is 3.52. The molecular formula is C8H10ClN3. The van der Waals surface area contributed by atoms with E-state index in [1.807, 2.05) is 19.9 Å². The van der Waals surface area contributed by atoms with Crippen LogP contribution in [0, 0.1) is 19.2 Å². The fourth-order valence-corrected chi connectivity index (χ4v) is 1.04. The molecule has 0 fully saturated rings. The average Bonchev–Trinajstić information content (AvgIpc) is 1.96. The van der Waals surface area contributed by atoms with E-state index in [1.165, 1.54) is 0 Å². The molecule has 1 aromatic rings. The summed E-state index contributed by atoms with van der Waals surface area (Å²) in [5.74, 6) is 0.